The molecule has 4 rings (SSSR count). The molecule has 0 saturated carbocycles. The number of thiophene rings is 1. The number of allylic oxidation sites excluding steroid dienone is 6. The van der Waals surface area contributed by atoms with E-state index in [0.29, 0.717) is 34.9 Å². The van der Waals surface area contributed by atoms with Crippen LogP contribution in [0.15, 0.2) is 122 Å². The van der Waals surface area contributed by atoms with Gasteiger partial charge < -0.3 is 16.4 Å². The molecular weight excluding hydrogens is 578 g/mol. The minimum atomic E-state index is -0.501. The zero-order valence-corrected chi connectivity index (χ0v) is 27.0. The van der Waals surface area contributed by atoms with Crippen molar-refractivity contribution in [3.05, 3.63) is 149 Å². The van der Waals surface area contributed by atoms with Gasteiger partial charge in [0.2, 0.25) is 0 Å². The molecule has 0 aliphatic heterocycles. The third-order valence-electron chi connectivity index (χ3n) is 7.02. The van der Waals surface area contributed by atoms with Gasteiger partial charge in [-0.1, -0.05) is 56.1 Å². The van der Waals surface area contributed by atoms with Gasteiger partial charge in [-0.25, -0.2) is 9.37 Å². The van der Waals surface area contributed by atoms with E-state index in [4.69, 9.17) is 5.73 Å². The van der Waals surface area contributed by atoms with E-state index in [1.807, 2.05) is 44.2 Å². The SMILES string of the molecule is C#C.C=C(CC(/C(N)=C\C)=C(\F)C(=C)c1cncc(CNCc2ccccc2)c1)Nc1nccc(-c2ccc(C(=C)C)s2)c1C. The van der Waals surface area contributed by atoms with Crippen molar-refractivity contribution in [3.63, 3.8) is 0 Å². The van der Waals surface area contributed by atoms with Crippen molar-refractivity contribution >= 4 is 28.3 Å². The van der Waals surface area contributed by atoms with E-state index in [-0.39, 0.29) is 12.0 Å². The van der Waals surface area contributed by atoms with Gasteiger partial charge in [-0.15, -0.1) is 24.2 Å². The van der Waals surface area contributed by atoms with Crippen LogP contribution in [0.4, 0.5) is 10.2 Å². The van der Waals surface area contributed by atoms with Crippen LogP contribution in [-0.4, -0.2) is 9.97 Å². The van der Waals surface area contributed by atoms with Gasteiger partial charge in [0.25, 0.3) is 0 Å². The first kappa shape index (κ1) is 34.5. The number of nitrogens with one attached hydrogen (secondary N) is 2. The summed E-state index contributed by atoms with van der Waals surface area (Å²) < 4.78 is 16.0. The number of benzene rings is 1. The zero-order chi connectivity index (χ0) is 32.9. The third-order valence-corrected chi connectivity index (χ3v) is 8.30. The van der Waals surface area contributed by atoms with Crippen LogP contribution < -0.4 is 16.4 Å². The molecule has 5 nitrogen and oxygen atoms in total. The van der Waals surface area contributed by atoms with Crippen molar-refractivity contribution in [3.8, 4) is 23.3 Å². The topological polar surface area (TPSA) is 75.9 Å². The average molecular weight is 618 g/mol. The second-order valence-corrected chi connectivity index (χ2v) is 11.5. The predicted octanol–water partition coefficient (Wildman–Crippen LogP) is 9.20. The number of nitrogens with zero attached hydrogens (tertiary/aromatic N) is 2. The Labute approximate surface area is 270 Å². The summed E-state index contributed by atoms with van der Waals surface area (Å²) in [7, 11) is 0. The molecule has 0 fully saturated rings. The standard InChI is InChI=1S/C36H38FN5S.C2H2/c1-7-32(38)31(17-24(4)42-36-26(6)30(15-16-41-36)34-14-13-33(43-34)23(2)3)35(37)25(5)29-18-28(21-40-22-29)20-39-19-27-11-9-8-10-12-27;1-2/h7-16,18,21-22,39H,2,4-5,17,19-20,38H2,1,3,6H3,(H,41,42);1-2H/b32-7+,35-31+;. The number of anilines is 1. The Morgan fingerprint density at radius 2 is 1.73 bits per heavy atom. The minimum absolute atomic E-state index is 0.150. The van der Waals surface area contributed by atoms with Gasteiger partial charge >= 0.3 is 0 Å². The molecule has 0 aliphatic carbocycles. The highest BCUT2D eigenvalue weighted by molar-refractivity contribution is 7.16. The van der Waals surface area contributed by atoms with E-state index in [0.717, 1.165) is 38.6 Å². The van der Waals surface area contributed by atoms with Gasteiger partial charge in [0, 0.05) is 81.5 Å². The maximum atomic E-state index is 16.0. The fraction of sp³-hybridized carbons (Fsp3) is 0.158. The molecule has 0 radical (unpaired) electrons. The molecule has 4 aromatic rings. The maximum absolute atomic E-state index is 16.0. The molecule has 1 aromatic carbocycles. The molecule has 0 spiro atoms. The molecule has 3 aromatic heterocycles. The molecule has 0 saturated heterocycles. The minimum Gasteiger partial charge on any atom is -0.399 e. The first-order valence-electron chi connectivity index (χ1n) is 14.4. The lowest BCUT2D eigenvalue weighted by Gasteiger charge is -2.17. The largest absolute Gasteiger partial charge is 0.399 e. The highest BCUT2D eigenvalue weighted by atomic mass is 32.1. The highest BCUT2D eigenvalue weighted by Crippen LogP contribution is 2.36. The number of hydrogen-bond acceptors (Lipinski definition) is 6. The normalized spacial score (nSPS) is 11.6. The number of aromatic nitrogens is 2. The van der Waals surface area contributed by atoms with Crippen LogP contribution in [0.1, 0.15) is 47.4 Å². The smallest absolute Gasteiger partial charge is 0.136 e. The fourth-order valence-corrected chi connectivity index (χ4v) is 5.57. The highest BCUT2D eigenvalue weighted by Gasteiger charge is 2.17. The molecule has 4 N–H and O–H groups in total. The van der Waals surface area contributed by atoms with E-state index in [2.05, 4.69) is 77.5 Å². The molecular formula is C38H40FN5S. The second kappa shape index (κ2) is 16.7. The lowest BCUT2D eigenvalue weighted by molar-refractivity contribution is 0.658. The monoisotopic (exact) mass is 617 g/mol. The number of terminal acetylenes is 1. The molecule has 0 bridgehead atoms. The molecule has 0 unspecified atom stereocenters. The van der Waals surface area contributed by atoms with Crippen LogP contribution in [0.3, 0.4) is 0 Å². The van der Waals surface area contributed by atoms with E-state index < -0.39 is 5.83 Å². The number of halogens is 1. The molecule has 0 amide bonds. The van der Waals surface area contributed by atoms with E-state index in [9.17, 15) is 0 Å². The molecule has 45 heavy (non-hydrogen) atoms. The molecule has 0 atom stereocenters. The van der Waals surface area contributed by atoms with Gasteiger partial charge in [0.15, 0.2) is 0 Å². The lowest BCUT2D eigenvalue weighted by Crippen LogP contribution is -2.13. The Hall–Kier alpha value is -5.03. The molecule has 7 heteroatoms. The van der Waals surface area contributed by atoms with Gasteiger partial charge in [-0.05, 0) is 67.3 Å². The molecule has 0 aliphatic rings. The van der Waals surface area contributed by atoms with E-state index >= 15 is 4.39 Å². The molecule has 230 valence electrons. The van der Waals surface area contributed by atoms with Crippen LogP contribution in [0.5, 0.6) is 0 Å². The summed E-state index contributed by atoms with van der Waals surface area (Å²) in [5.74, 6) is 0.157. The van der Waals surface area contributed by atoms with E-state index in [1.165, 1.54) is 5.56 Å². The van der Waals surface area contributed by atoms with Gasteiger partial charge in [0.05, 0.1) is 0 Å². The number of rotatable bonds is 13. The number of hydrogen-bond donors (Lipinski definition) is 3. The average Bonchev–Trinajstić information content (AvgIpc) is 3.56. The van der Waals surface area contributed by atoms with Gasteiger partial charge in [-0.2, -0.15) is 0 Å². The van der Waals surface area contributed by atoms with Crippen LogP contribution in [-0.2, 0) is 13.1 Å². The Bertz CT molecular complexity index is 1740. The summed E-state index contributed by atoms with van der Waals surface area (Å²) in [4.78, 5) is 11.1. The fourth-order valence-electron chi connectivity index (χ4n) is 4.55. The summed E-state index contributed by atoms with van der Waals surface area (Å²) in [5.41, 5.74) is 13.4. The predicted molar refractivity (Wildman–Crippen MR) is 191 cm³/mol. The van der Waals surface area contributed by atoms with Crippen LogP contribution in [0.25, 0.3) is 21.6 Å². The Balaban J connectivity index is 0.00000271. The maximum Gasteiger partial charge on any atom is 0.136 e. The van der Waals surface area contributed by atoms with Crippen molar-refractivity contribution < 1.29 is 4.39 Å². The summed E-state index contributed by atoms with van der Waals surface area (Å²) in [6, 6.07) is 18.2. The van der Waals surface area contributed by atoms with Gasteiger partial charge in [0.1, 0.15) is 11.6 Å². The van der Waals surface area contributed by atoms with Gasteiger partial charge in [-0.3, -0.25) is 4.98 Å². The van der Waals surface area contributed by atoms with Crippen LogP contribution >= 0.6 is 11.3 Å². The first-order chi connectivity index (χ1) is 21.7. The van der Waals surface area contributed by atoms with Crippen LogP contribution in [0, 0.1) is 19.8 Å². The summed E-state index contributed by atoms with van der Waals surface area (Å²) in [5, 5.41) is 6.69. The summed E-state index contributed by atoms with van der Waals surface area (Å²) >= 11 is 1.69. The number of pyridine rings is 2. The van der Waals surface area contributed by atoms with Crippen molar-refractivity contribution in [1.82, 2.24) is 15.3 Å². The Kier molecular flexibility index (Phi) is 12.8. The first-order valence-corrected chi connectivity index (χ1v) is 15.2. The molecule has 3 heterocycles. The quantitative estimate of drug-likeness (QED) is 0.103. The van der Waals surface area contributed by atoms with Crippen molar-refractivity contribution in [2.45, 2.75) is 40.3 Å². The van der Waals surface area contributed by atoms with Crippen molar-refractivity contribution in [2.24, 2.45) is 5.73 Å². The van der Waals surface area contributed by atoms with Crippen LogP contribution in [0.2, 0.25) is 0 Å². The summed E-state index contributed by atoms with van der Waals surface area (Å²) in [6.45, 7) is 19.4. The number of nitrogens with two attached hydrogens (primary N) is 1. The van der Waals surface area contributed by atoms with Crippen molar-refractivity contribution in [2.75, 3.05) is 5.32 Å². The Morgan fingerprint density at radius 1 is 1.02 bits per heavy atom. The Morgan fingerprint density at radius 3 is 2.40 bits per heavy atom. The second-order valence-electron chi connectivity index (χ2n) is 10.4. The zero-order valence-electron chi connectivity index (χ0n) is 26.2. The summed E-state index contributed by atoms with van der Waals surface area (Å²) in [6.07, 6.45) is 15.0. The lowest BCUT2D eigenvalue weighted by atomic mass is 9.98. The third kappa shape index (κ3) is 9.23. The van der Waals surface area contributed by atoms with E-state index in [1.54, 1.807) is 42.9 Å². The van der Waals surface area contributed by atoms with Crippen molar-refractivity contribution in [1.29, 1.82) is 0 Å².